The fourth-order valence-electron chi connectivity index (χ4n) is 7.60. The zero-order valence-corrected chi connectivity index (χ0v) is 27.3. The lowest BCUT2D eigenvalue weighted by Gasteiger charge is -2.28. The van der Waals surface area contributed by atoms with Gasteiger partial charge < -0.3 is 9.32 Å². The second-order valence-electron chi connectivity index (χ2n) is 12.9. The van der Waals surface area contributed by atoms with E-state index in [1.165, 1.54) is 49.2 Å². The first-order valence-corrected chi connectivity index (χ1v) is 17.1. The molecule has 0 spiro atoms. The van der Waals surface area contributed by atoms with E-state index in [4.69, 9.17) is 4.42 Å². The molecule has 0 aliphatic rings. The Bertz CT molecular complexity index is 2860. The van der Waals surface area contributed by atoms with Gasteiger partial charge in [-0.2, -0.15) is 0 Å². The second-order valence-corrected chi connectivity index (χ2v) is 12.9. The van der Waals surface area contributed by atoms with E-state index >= 15 is 0 Å². The van der Waals surface area contributed by atoms with Crippen molar-refractivity contribution in [3.05, 3.63) is 188 Å². The van der Waals surface area contributed by atoms with Crippen LogP contribution in [0.5, 0.6) is 0 Å². The number of hydrogen-bond donors (Lipinski definition) is 0. The summed E-state index contributed by atoms with van der Waals surface area (Å²) in [6.45, 7) is 0. The third kappa shape index (κ3) is 4.65. The Morgan fingerprint density at radius 3 is 1.84 bits per heavy atom. The summed E-state index contributed by atoms with van der Waals surface area (Å²) in [6, 6.07) is 67.5. The van der Waals surface area contributed by atoms with Crippen molar-refractivity contribution in [3.8, 4) is 22.3 Å². The summed E-state index contributed by atoms with van der Waals surface area (Å²) in [4.78, 5) is 2.40. The summed E-state index contributed by atoms with van der Waals surface area (Å²) >= 11 is 0. The van der Waals surface area contributed by atoms with E-state index < -0.39 is 0 Å². The Hall–Kier alpha value is -6.64. The first kappa shape index (κ1) is 28.4. The summed E-state index contributed by atoms with van der Waals surface area (Å²) < 4.78 is 6.52. The molecular formula is C48H31NO. The molecule has 0 amide bonds. The van der Waals surface area contributed by atoms with Crippen LogP contribution in [0.25, 0.3) is 76.5 Å². The van der Waals surface area contributed by atoms with E-state index in [9.17, 15) is 0 Å². The molecule has 0 saturated heterocycles. The summed E-state index contributed by atoms with van der Waals surface area (Å²) in [6.07, 6.45) is 0. The molecule has 0 unspecified atom stereocenters. The normalized spacial score (nSPS) is 11.6. The predicted molar refractivity (Wildman–Crippen MR) is 212 cm³/mol. The first-order chi connectivity index (χ1) is 24.8. The fourth-order valence-corrected chi connectivity index (χ4v) is 7.60. The maximum Gasteiger partial charge on any atom is 0.143 e. The molecule has 0 bridgehead atoms. The molecule has 0 atom stereocenters. The van der Waals surface area contributed by atoms with Crippen molar-refractivity contribution >= 4 is 71.3 Å². The second kappa shape index (κ2) is 11.5. The third-order valence-electron chi connectivity index (χ3n) is 10.0. The van der Waals surface area contributed by atoms with Crippen molar-refractivity contribution in [1.29, 1.82) is 0 Å². The lowest BCUT2D eigenvalue weighted by Crippen LogP contribution is -2.10. The highest BCUT2D eigenvalue weighted by Gasteiger charge is 2.18. The molecule has 1 aromatic heterocycles. The average Bonchev–Trinajstić information content (AvgIpc) is 3.57. The van der Waals surface area contributed by atoms with Gasteiger partial charge in [-0.1, -0.05) is 146 Å². The zero-order chi connectivity index (χ0) is 33.0. The number of rotatable bonds is 5. The van der Waals surface area contributed by atoms with Gasteiger partial charge in [-0.05, 0) is 86.3 Å². The number of benzene rings is 9. The first-order valence-electron chi connectivity index (χ1n) is 17.1. The van der Waals surface area contributed by atoms with Crippen LogP contribution in [-0.2, 0) is 0 Å². The van der Waals surface area contributed by atoms with Crippen LogP contribution in [0, 0.1) is 0 Å². The quantitative estimate of drug-likeness (QED) is 0.175. The van der Waals surface area contributed by atoms with Crippen molar-refractivity contribution in [1.82, 2.24) is 0 Å². The summed E-state index contributed by atoms with van der Waals surface area (Å²) in [7, 11) is 0. The lowest BCUT2D eigenvalue weighted by molar-refractivity contribution is 0.673. The molecule has 0 radical (unpaired) electrons. The monoisotopic (exact) mass is 637 g/mol. The van der Waals surface area contributed by atoms with Gasteiger partial charge in [0.1, 0.15) is 11.2 Å². The summed E-state index contributed by atoms with van der Waals surface area (Å²) in [5.74, 6) is 0. The average molecular weight is 638 g/mol. The Labute approximate surface area is 290 Å². The van der Waals surface area contributed by atoms with Gasteiger partial charge in [-0.15, -0.1) is 0 Å². The van der Waals surface area contributed by atoms with Crippen molar-refractivity contribution in [3.63, 3.8) is 0 Å². The molecule has 0 aliphatic carbocycles. The zero-order valence-electron chi connectivity index (χ0n) is 27.3. The van der Waals surface area contributed by atoms with Crippen LogP contribution in [0.2, 0.25) is 0 Å². The van der Waals surface area contributed by atoms with Crippen molar-refractivity contribution in [2.24, 2.45) is 0 Å². The van der Waals surface area contributed by atoms with Crippen LogP contribution < -0.4 is 4.90 Å². The van der Waals surface area contributed by atoms with Gasteiger partial charge in [-0.3, -0.25) is 0 Å². The molecule has 50 heavy (non-hydrogen) atoms. The summed E-state index contributed by atoms with van der Waals surface area (Å²) in [5.41, 5.74) is 9.99. The van der Waals surface area contributed by atoms with Crippen molar-refractivity contribution < 1.29 is 4.42 Å². The number of furan rings is 1. The number of anilines is 3. The van der Waals surface area contributed by atoms with E-state index in [0.717, 1.165) is 44.4 Å². The number of fused-ring (bicyclic) bond motifs is 8. The molecule has 2 heteroatoms. The van der Waals surface area contributed by atoms with E-state index in [2.05, 4.69) is 187 Å². The third-order valence-corrected chi connectivity index (χ3v) is 10.0. The van der Waals surface area contributed by atoms with Gasteiger partial charge in [-0.25, -0.2) is 0 Å². The molecule has 2 nitrogen and oxygen atoms in total. The number of hydrogen-bond acceptors (Lipinski definition) is 2. The molecular weight excluding hydrogens is 607 g/mol. The molecule has 1 heterocycles. The Morgan fingerprint density at radius 2 is 0.960 bits per heavy atom. The van der Waals surface area contributed by atoms with Gasteiger partial charge in [0.2, 0.25) is 0 Å². The maximum atomic E-state index is 6.52. The van der Waals surface area contributed by atoms with Crippen LogP contribution >= 0.6 is 0 Å². The van der Waals surface area contributed by atoms with E-state index in [1.54, 1.807) is 0 Å². The van der Waals surface area contributed by atoms with E-state index in [-0.39, 0.29) is 0 Å². The van der Waals surface area contributed by atoms with Crippen LogP contribution in [0.4, 0.5) is 17.1 Å². The predicted octanol–water partition coefficient (Wildman–Crippen LogP) is 13.8. The molecule has 0 fully saturated rings. The molecule has 9 aromatic carbocycles. The van der Waals surface area contributed by atoms with Gasteiger partial charge in [0.05, 0.1) is 5.69 Å². The lowest BCUT2D eigenvalue weighted by atomic mass is 9.98. The van der Waals surface area contributed by atoms with Crippen LogP contribution in [0.15, 0.2) is 192 Å². The minimum Gasteiger partial charge on any atom is -0.455 e. The minimum absolute atomic E-state index is 0.917. The van der Waals surface area contributed by atoms with Crippen LogP contribution in [0.1, 0.15) is 0 Å². The van der Waals surface area contributed by atoms with Gasteiger partial charge >= 0.3 is 0 Å². The number of nitrogens with zero attached hydrogens (tertiary/aromatic N) is 1. The highest BCUT2D eigenvalue weighted by Crippen LogP contribution is 2.43. The molecule has 10 aromatic rings. The topological polar surface area (TPSA) is 16.4 Å². The van der Waals surface area contributed by atoms with E-state index in [0.29, 0.717) is 0 Å². The molecule has 234 valence electrons. The highest BCUT2D eigenvalue weighted by atomic mass is 16.3. The van der Waals surface area contributed by atoms with Gasteiger partial charge in [0.25, 0.3) is 0 Å². The van der Waals surface area contributed by atoms with Crippen molar-refractivity contribution in [2.45, 2.75) is 0 Å². The maximum absolute atomic E-state index is 6.52. The Morgan fingerprint density at radius 1 is 0.340 bits per heavy atom. The minimum atomic E-state index is 0.917. The molecule has 10 rings (SSSR count). The molecule has 0 N–H and O–H groups in total. The highest BCUT2D eigenvalue weighted by molar-refractivity contribution is 6.23. The SMILES string of the molecule is c1ccc(-c2ccc(-c3cccc(N(c4ccc5c(ccc6ccc7c8ccccc8oc7c65)c4)c4cccc5ccccc45)c3)cc2)cc1. The molecule has 0 aliphatic heterocycles. The number of para-hydroxylation sites is 1. The van der Waals surface area contributed by atoms with Gasteiger partial charge in [0.15, 0.2) is 0 Å². The van der Waals surface area contributed by atoms with Crippen LogP contribution in [0.3, 0.4) is 0 Å². The van der Waals surface area contributed by atoms with E-state index in [1.807, 2.05) is 6.07 Å². The van der Waals surface area contributed by atoms with Crippen molar-refractivity contribution in [2.75, 3.05) is 4.90 Å². The smallest absolute Gasteiger partial charge is 0.143 e. The standard InChI is InChI=1S/C48H31NO/c1-2-10-32(11-3-1)33-20-22-34(23-21-33)37-14-8-15-39(30-37)49(45-18-9-13-35-12-4-5-16-41(35)45)40-27-29-42-38(31-40)25-24-36-26-28-44-43-17-6-7-19-46(43)50-48(44)47(36)42/h1-31H. The van der Waals surface area contributed by atoms with Gasteiger partial charge in [0, 0.05) is 32.9 Å². The Balaban J connectivity index is 1.15. The molecule has 0 saturated carbocycles. The Kier molecular flexibility index (Phi) is 6.53. The fraction of sp³-hybridized carbons (Fsp3) is 0. The largest absolute Gasteiger partial charge is 0.455 e. The summed E-state index contributed by atoms with van der Waals surface area (Å²) in [5, 5.41) is 9.39. The van der Waals surface area contributed by atoms with Crippen LogP contribution in [-0.4, -0.2) is 0 Å².